The summed E-state index contributed by atoms with van der Waals surface area (Å²) in [6.45, 7) is 5.18. The van der Waals surface area contributed by atoms with Crippen LogP contribution in [0.15, 0.2) is 4.52 Å². The fourth-order valence-corrected chi connectivity index (χ4v) is 3.77. The number of nitrogens with zero attached hydrogens (tertiary/aromatic N) is 2. The lowest BCUT2D eigenvalue weighted by Crippen LogP contribution is -2.35. The molecule has 1 aliphatic carbocycles. The molecule has 2 N–H and O–H groups in total. The van der Waals surface area contributed by atoms with Gasteiger partial charge in [-0.25, -0.2) is 0 Å². The molecule has 0 radical (unpaired) electrons. The monoisotopic (exact) mass is 297 g/mol. The van der Waals surface area contributed by atoms with E-state index in [2.05, 4.69) is 24.0 Å². The molecule has 0 bridgehead atoms. The first kappa shape index (κ1) is 15.8. The first-order valence-electron chi connectivity index (χ1n) is 7.73. The molecule has 0 aliphatic heterocycles. The Bertz CT molecular complexity index is 400. The van der Waals surface area contributed by atoms with Crippen LogP contribution in [0.1, 0.15) is 57.7 Å². The Hall–Kier alpha value is -0.550. The quantitative estimate of drug-likeness (QED) is 0.835. The Morgan fingerprint density at radius 3 is 2.70 bits per heavy atom. The third-order valence-electron chi connectivity index (χ3n) is 4.07. The molecule has 0 unspecified atom stereocenters. The molecule has 4 nitrogen and oxygen atoms in total. The van der Waals surface area contributed by atoms with Crippen molar-refractivity contribution in [2.75, 3.05) is 12.3 Å². The molecule has 1 aromatic rings. The van der Waals surface area contributed by atoms with Gasteiger partial charge in [0, 0.05) is 6.42 Å². The Morgan fingerprint density at radius 1 is 1.30 bits per heavy atom. The normalized spacial score (nSPS) is 18.6. The standard InChI is InChI=1S/C15H27N3OS/c1-12(2)9-20-10-13-17-14(19-18-13)8-15(11-16)6-4-3-5-7-15/h12H,3-11,16H2,1-2H3. The summed E-state index contributed by atoms with van der Waals surface area (Å²) < 4.78 is 5.42. The van der Waals surface area contributed by atoms with E-state index in [0.717, 1.165) is 36.2 Å². The zero-order valence-electron chi connectivity index (χ0n) is 12.7. The summed E-state index contributed by atoms with van der Waals surface area (Å²) >= 11 is 1.87. The van der Waals surface area contributed by atoms with Gasteiger partial charge in [0.1, 0.15) is 0 Å². The average Bonchev–Trinajstić information content (AvgIpc) is 2.87. The first-order chi connectivity index (χ1) is 9.63. The second-order valence-corrected chi connectivity index (χ2v) is 7.49. The van der Waals surface area contributed by atoms with Crippen molar-refractivity contribution in [1.82, 2.24) is 10.1 Å². The fraction of sp³-hybridized carbons (Fsp3) is 0.867. The van der Waals surface area contributed by atoms with Gasteiger partial charge in [0.15, 0.2) is 5.82 Å². The van der Waals surface area contributed by atoms with Crippen molar-refractivity contribution in [3.63, 3.8) is 0 Å². The zero-order valence-corrected chi connectivity index (χ0v) is 13.5. The molecule has 0 atom stereocenters. The number of aromatic nitrogens is 2. The highest BCUT2D eigenvalue weighted by molar-refractivity contribution is 7.98. The van der Waals surface area contributed by atoms with Crippen molar-refractivity contribution in [3.8, 4) is 0 Å². The third-order valence-corrected chi connectivity index (χ3v) is 5.43. The van der Waals surface area contributed by atoms with Gasteiger partial charge in [-0.1, -0.05) is 38.3 Å². The van der Waals surface area contributed by atoms with E-state index in [9.17, 15) is 0 Å². The van der Waals surface area contributed by atoms with Crippen LogP contribution in [0.3, 0.4) is 0 Å². The predicted molar refractivity (Wildman–Crippen MR) is 83.6 cm³/mol. The molecular weight excluding hydrogens is 270 g/mol. The van der Waals surface area contributed by atoms with Gasteiger partial charge in [0.25, 0.3) is 0 Å². The van der Waals surface area contributed by atoms with Crippen molar-refractivity contribution in [3.05, 3.63) is 11.7 Å². The highest BCUT2D eigenvalue weighted by atomic mass is 32.2. The lowest BCUT2D eigenvalue weighted by atomic mass is 9.72. The Kier molecular flexibility index (Phi) is 5.90. The summed E-state index contributed by atoms with van der Waals surface area (Å²) in [5.74, 6) is 4.29. The van der Waals surface area contributed by atoms with Crippen molar-refractivity contribution in [2.24, 2.45) is 17.1 Å². The first-order valence-corrected chi connectivity index (χ1v) is 8.88. The minimum atomic E-state index is 0.202. The maximum Gasteiger partial charge on any atom is 0.227 e. The molecule has 0 aromatic carbocycles. The van der Waals surface area contributed by atoms with Gasteiger partial charge in [-0.05, 0) is 36.5 Å². The van der Waals surface area contributed by atoms with E-state index in [1.807, 2.05) is 11.8 Å². The van der Waals surface area contributed by atoms with Crippen LogP contribution >= 0.6 is 11.8 Å². The van der Waals surface area contributed by atoms with Crippen LogP contribution in [-0.4, -0.2) is 22.4 Å². The van der Waals surface area contributed by atoms with Gasteiger partial charge in [-0.2, -0.15) is 16.7 Å². The molecule has 114 valence electrons. The maximum atomic E-state index is 6.01. The Balaban J connectivity index is 1.88. The van der Waals surface area contributed by atoms with Crippen molar-refractivity contribution < 1.29 is 4.52 Å². The molecular formula is C15H27N3OS. The molecule has 0 spiro atoms. The Labute approximate surface area is 126 Å². The van der Waals surface area contributed by atoms with Crippen LogP contribution in [-0.2, 0) is 12.2 Å². The van der Waals surface area contributed by atoms with Crippen LogP contribution in [0.4, 0.5) is 0 Å². The lowest BCUT2D eigenvalue weighted by molar-refractivity contribution is 0.177. The van der Waals surface area contributed by atoms with Gasteiger partial charge >= 0.3 is 0 Å². The molecule has 20 heavy (non-hydrogen) atoms. The second kappa shape index (κ2) is 7.46. The topological polar surface area (TPSA) is 64.9 Å². The molecule has 1 saturated carbocycles. The summed E-state index contributed by atoms with van der Waals surface area (Å²) in [5, 5.41) is 4.10. The fourth-order valence-electron chi connectivity index (χ4n) is 2.88. The summed E-state index contributed by atoms with van der Waals surface area (Å²) in [7, 11) is 0. The van der Waals surface area contributed by atoms with Crippen molar-refractivity contribution in [2.45, 2.75) is 58.1 Å². The van der Waals surface area contributed by atoms with Crippen LogP contribution < -0.4 is 5.73 Å². The summed E-state index contributed by atoms with van der Waals surface area (Å²) in [6, 6.07) is 0. The molecule has 2 rings (SSSR count). The number of hydrogen-bond donors (Lipinski definition) is 1. The maximum absolute atomic E-state index is 6.01. The SMILES string of the molecule is CC(C)CSCc1noc(CC2(CN)CCCCC2)n1. The van der Waals surface area contributed by atoms with E-state index < -0.39 is 0 Å². The largest absolute Gasteiger partial charge is 0.339 e. The minimum Gasteiger partial charge on any atom is -0.339 e. The van der Waals surface area contributed by atoms with Gasteiger partial charge in [-0.3, -0.25) is 0 Å². The van der Waals surface area contributed by atoms with Gasteiger partial charge in [0.05, 0.1) is 5.75 Å². The van der Waals surface area contributed by atoms with Gasteiger partial charge in [0.2, 0.25) is 5.89 Å². The molecule has 5 heteroatoms. The van der Waals surface area contributed by atoms with E-state index in [0.29, 0.717) is 5.92 Å². The van der Waals surface area contributed by atoms with Crippen LogP contribution in [0.5, 0.6) is 0 Å². The number of hydrogen-bond acceptors (Lipinski definition) is 5. The second-order valence-electron chi connectivity index (χ2n) is 6.45. The molecule has 1 heterocycles. The highest BCUT2D eigenvalue weighted by Gasteiger charge is 2.32. The molecule has 1 aliphatic rings. The smallest absolute Gasteiger partial charge is 0.227 e. The molecule has 1 fully saturated rings. The van der Waals surface area contributed by atoms with Crippen molar-refractivity contribution >= 4 is 11.8 Å². The van der Waals surface area contributed by atoms with Crippen LogP contribution in [0.2, 0.25) is 0 Å². The number of rotatable bonds is 7. The minimum absolute atomic E-state index is 0.202. The van der Waals surface area contributed by atoms with E-state index in [-0.39, 0.29) is 5.41 Å². The Morgan fingerprint density at radius 2 is 2.05 bits per heavy atom. The zero-order chi connectivity index (χ0) is 14.4. The van der Waals surface area contributed by atoms with E-state index >= 15 is 0 Å². The average molecular weight is 297 g/mol. The molecule has 0 saturated heterocycles. The van der Waals surface area contributed by atoms with Crippen LogP contribution in [0.25, 0.3) is 0 Å². The van der Waals surface area contributed by atoms with Crippen LogP contribution in [0, 0.1) is 11.3 Å². The van der Waals surface area contributed by atoms with Gasteiger partial charge < -0.3 is 10.3 Å². The summed E-state index contributed by atoms with van der Waals surface area (Å²) in [4.78, 5) is 4.54. The summed E-state index contributed by atoms with van der Waals surface area (Å²) in [6.07, 6.45) is 7.14. The third kappa shape index (κ3) is 4.48. The molecule has 1 aromatic heterocycles. The predicted octanol–water partition coefficient (Wildman–Crippen LogP) is 3.41. The van der Waals surface area contributed by atoms with Crippen molar-refractivity contribution in [1.29, 1.82) is 0 Å². The van der Waals surface area contributed by atoms with Gasteiger partial charge in [-0.15, -0.1) is 0 Å². The van der Waals surface area contributed by atoms with E-state index in [1.165, 1.54) is 32.1 Å². The number of nitrogens with two attached hydrogens (primary N) is 1. The summed E-state index contributed by atoms with van der Waals surface area (Å²) in [5.41, 5.74) is 6.21. The lowest BCUT2D eigenvalue weighted by Gasteiger charge is -2.34. The van der Waals surface area contributed by atoms with E-state index in [4.69, 9.17) is 10.3 Å². The highest BCUT2D eigenvalue weighted by Crippen LogP contribution is 2.38. The number of thioether (sulfide) groups is 1. The molecule has 0 amide bonds. The van der Waals surface area contributed by atoms with E-state index in [1.54, 1.807) is 0 Å².